The number of methoxy groups -OCH3 is 1. The Morgan fingerprint density at radius 2 is 1.94 bits per heavy atom. The first-order valence-electron chi connectivity index (χ1n) is 10.3. The lowest BCUT2D eigenvalue weighted by Crippen LogP contribution is -2.35. The molecular formula is C24H24N2O3S2. The first kappa shape index (κ1) is 21.6. The number of carbonyl (C=O) groups excluding carboxylic acids is 2. The second kappa shape index (κ2) is 9.66. The molecule has 2 aromatic rings. The van der Waals surface area contributed by atoms with Crippen LogP contribution in [0, 0.1) is 0 Å². The summed E-state index contributed by atoms with van der Waals surface area (Å²) in [5.41, 5.74) is 2.18. The van der Waals surface area contributed by atoms with Crippen LogP contribution in [0.15, 0.2) is 59.5 Å². The van der Waals surface area contributed by atoms with E-state index in [4.69, 9.17) is 17.0 Å². The normalized spacial score (nSPS) is 20.0. The summed E-state index contributed by atoms with van der Waals surface area (Å²) in [6.45, 7) is 1.81. The van der Waals surface area contributed by atoms with Crippen LogP contribution in [0.5, 0.6) is 5.75 Å². The van der Waals surface area contributed by atoms with Gasteiger partial charge in [0.1, 0.15) is 10.1 Å². The third kappa shape index (κ3) is 4.99. The van der Waals surface area contributed by atoms with Crippen LogP contribution in [0.4, 0.5) is 0 Å². The van der Waals surface area contributed by atoms with E-state index in [0.29, 0.717) is 21.7 Å². The average Bonchev–Trinajstić information content (AvgIpc) is 3.39. The number of benzene rings is 2. The van der Waals surface area contributed by atoms with Gasteiger partial charge in [-0.05, 0) is 35.8 Å². The summed E-state index contributed by atoms with van der Waals surface area (Å²) in [7, 11) is 1.62. The molecule has 0 saturated carbocycles. The summed E-state index contributed by atoms with van der Waals surface area (Å²) in [4.78, 5) is 29.6. The van der Waals surface area contributed by atoms with Crippen molar-refractivity contribution in [3.05, 3.63) is 70.6 Å². The van der Waals surface area contributed by atoms with E-state index in [0.717, 1.165) is 30.8 Å². The number of amides is 2. The molecule has 2 fully saturated rings. The van der Waals surface area contributed by atoms with E-state index in [2.05, 4.69) is 12.1 Å². The molecule has 2 saturated heterocycles. The standard InChI is InChI=1S/C24H24N2O3S2/c1-29-20-9-7-17(8-10-20)15-21-23(28)26(24(30)31-21)14-12-22(27)25-13-11-19(16-25)18-5-3-2-4-6-18/h2-10,15,19H,11-14,16H2,1H3/b21-15-/t19-/m1/s1. The first-order valence-corrected chi connectivity index (χ1v) is 11.5. The monoisotopic (exact) mass is 452 g/mol. The molecule has 0 bridgehead atoms. The van der Waals surface area contributed by atoms with Gasteiger partial charge >= 0.3 is 0 Å². The molecule has 0 N–H and O–H groups in total. The molecule has 160 valence electrons. The van der Waals surface area contributed by atoms with Crippen LogP contribution < -0.4 is 4.74 Å². The zero-order chi connectivity index (χ0) is 21.8. The molecule has 0 aliphatic carbocycles. The van der Waals surface area contributed by atoms with Gasteiger partial charge in [-0.1, -0.05) is 66.4 Å². The number of thioether (sulfide) groups is 1. The Hall–Kier alpha value is -2.64. The van der Waals surface area contributed by atoms with Crippen molar-refractivity contribution < 1.29 is 14.3 Å². The highest BCUT2D eigenvalue weighted by molar-refractivity contribution is 8.26. The molecule has 2 aliphatic heterocycles. The van der Waals surface area contributed by atoms with E-state index < -0.39 is 0 Å². The predicted octanol–water partition coefficient (Wildman–Crippen LogP) is 4.30. The molecule has 0 radical (unpaired) electrons. The minimum Gasteiger partial charge on any atom is -0.497 e. The summed E-state index contributed by atoms with van der Waals surface area (Å²) >= 11 is 6.68. The molecule has 2 aliphatic rings. The molecular weight excluding hydrogens is 428 g/mol. The average molecular weight is 453 g/mol. The molecule has 2 heterocycles. The van der Waals surface area contributed by atoms with Crippen LogP contribution in [-0.4, -0.2) is 52.7 Å². The highest BCUT2D eigenvalue weighted by Gasteiger charge is 2.33. The fourth-order valence-corrected chi connectivity index (χ4v) is 5.20. The second-order valence-electron chi connectivity index (χ2n) is 7.59. The Labute approximate surface area is 192 Å². The number of carbonyl (C=O) groups is 2. The van der Waals surface area contributed by atoms with Gasteiger partial charge in [0.2, 0.25) is 5.91 Å². The van der Waals surface area contributed by atoms with Gasteiger partial charge in [-0.15, -0.1) is 0 Å². The third-order valence-corrected chi connectivity index (χ3v) is 7.03. The molecule has 2 amide bonds. The maximum absolute atomic E-state index is 12.8. The minimum atomic E-state index is -0.137. The summed E-state index contributed by atoms with van der Waals surface area (Å²) in [5.74, 6) is 1.09. The fraction of sp³-hybridized carbons (Fsp3) is 0.292. The lowest BCUT2D eigenvalue weighted by atomic mass is 9.99. The van der Waals surface area contributed by atoms with E-state index in [1.165, 1.54) is 22.2 Å². The maximum atomic E-state index is 12.8. The maximum Gasteiger partial charge on any atom is 0.266 e. The van der Waals surface area contributed by atoms with Crippen molar-refractivity contribution in [3.63, 3.8) is 0 Å². The number of hydrogen-bond donors (Lipinski definition) is 0. The van der Waals surface area contributed by atoms with Crippen molar-refractivity contribution in [2.24, 2.45) is 0 Å². The second-order valence-corrected chi connectivity index (χ2v) is 9.27. The van der Waals surface area contributed by atoms with Crippen molar-refractivity contribution in [2.45, 2.75) is 18.8 Å². The smallest absolute Gasteiger partial charge is 0.266 e. The predicted molar refractivity (Wildman–Crippen MR) is 128 cm³/mol. The Kier molecular flexibility index (Phi) is 6.73. The highest BCUT2D eigenvalue weighted by atomic mass is 32.2. The van der Waals surface area contributed by atoms with Crippen LogP contribution in [0.25, 0.3) is 6.08 Å². The Morgan fingerprint density at radius 1 is 1.19 bits per heavy atom. The molecule has 0 aromatic heterocycles. The molecule has 0 spiro atoms. The summed E-state index contributed by atoms with van der Waals surface area (Å²) < 4.78 is 5.67. The molecule has 4 rings (SSSR count). The van der Waals surface area contributed by atoms with Crippen molar-refractivity contribution in [2.75, 3.05) is 26.7 Å². The van der Waals surface area contributed by atoms with Gasteiger partial charge in [-0.3, -0.25) is 14.5 Å². The van der Waals surface area contributed by atoms with Gasteiger partial charge < -0.3 is 9.64 Å². The Balaban J connectivity index is 1.33. The molecule has 31 heavy (non-hydrogen) atoms. The van der Waals surface area contributed by atoms with E-state index in [1.807, 2.05) is 53.4 Å². The van der Waals surface area contributed by atoms with Crippen LogP contribution in [-0.2, 0) is 9.59 Å². The fourth-order valence-electron chi connectivity index (χ4n) is 3.89. The van der Waals surface area contributed by atoms with Gasteiger partial charge in [0, 0.05) is 32.0 Å². The Morgan fingerprint density at radius 3 is 2.65 bits per heavy atom. The number of hydrogen-bond acceptors (Lipinski definition) is 5. The summed E-state index contributed by atoms with van der Waals surface area (Å²) in [6, 6.07) is 17.8. The zero-order valence-electron chi connectivity index (χ0n) is 17.3. The molecule has 1 atom stereocenters. The molecule has 0 unspecified atom stereocenters. The van der Waals surface area contributed by atoms with Crippen LogP contribution in [0.1, 0.15) is 29.9 Å². The molecule has 5 nitrogen and oxygen atoms in total. The number of likely N-dealkylation sites (tertiary alicyclic amines) is 1. The number of nitrogens with zero attached hydrogens (tertiary/aromatic N) is 2. The first-order chi connectivity index (χ1) is 15.0. The van der Waals surface area contributed by atoms with Gasteiger partial charge in [-0.2, -0.15) is 0 Å². The number of rotatable bonds is 6. The number of ether oxygens (including phenoxy) is 1. The SMILES string of the molecule is COc1ccc(/C=C2\SC(=S)N(CCC(=O)N3CC[C@@H](c4ccccc4)C3)C2=O)cc1. The van der Waals surface area contributed by atoms with Gasteiger partial charge in [0.05, 0.1) is 12.0 Å². The van der Waals surface area contributed by atoms with E-state index in [9.17, 15) is 9.59 Å². The molecule has 2 aromatic carbocycles. The van der Waals surface area contributed by atoms with Crippen molar-refractivity contribution >= 4 is 46.2 Å². The van der Waals surface area contributed by atoms with Crippen LogP contribution in [0.3, 0.4) is 0 Å². The van der Waals surface area contributed by atoms with Crippen molar-refractivity contribution in [1.29, 1.82) is 0 Å². The zero-order valence-corrected chi connectivity index (χ0v) is 19.0. The highest BCUT2D eigenvalue weighted by Crippen LogP contribution is 2.33. The summed E-state index contributed by atoms with van der Waals surface area (Å²) in [6.07, 6.45) is 3.08. The van der Waals surface area contributed by atoms with E-state index >= 15 is 0 Å². The minimum absolute atomic E-state index is 0.0756. The van der Waals surface area contributed by atoms with Crippen LogP contribution >= 0.6 is 24.0 Å². The van der Waals surface area contributed by atoms with Crippen molar-refractivity contribution in [1.82, 2.24) is 9.80 Å². The van der Waals surface area contributed by atoms with Gasteiger partial charge in [0.25, 0.3) is 5.91 Å². The largest absolute Gasteiger partial charge is 0.497 e. The van der Waals surface area contributed by atoms with Crippen molar-refractivity contribution in [3.8, 4) is 5.75 Å². The van der Waals surface area contributed by atoms with E-state index in [-0.39, 0.29) is 18.2 Å². The topological polar surface area (TPSA) is 49.9 Å². The lowest BCUT2D eigenvalue weighted by Gasteiger charge is -2.19. The lowest BCUT2D eigenvalue weighted by molar-refractivity contribution is -0.130. The quantitative estimate of drug-likeness (QED) is 0.483. The third-order valence-electron chi connectivity index (χ3n) is 5.65. The van der Waals surface area contributed by atoms with Crippen LogP contribution in [0.2, 0.25) is 0 Å². The van der Waals surface area contributed by atoms with Gasteiger partial charge in [0.15, 0.2) is 0 Å². The Bertz CT molecular complexity index is 1010. The molecule has 7 heteroatoms. The summed E-state index contributed by atoms with van der Waals surface area (Å²) in [5, 5.41) is 0. The van der Waals surface area contributed by atoms with E-state index in [1.54, 1.807) is 7.11 Å². The number of thiocarbonyl (C=S) groups is 1. The van der Waals surface area contributed by atoms with Gasteiger partial charge in [-0.25, -0.2) is 0 Å².